The second kappa shape index (κ2) is 7.43. The summed E-state index contributed by atoms with van der Waals surface area (Å²) in [4.78, 5) is 4.92. The maximum absolute atomic E-state index is 5.97. The molecule has 0 spiro atoms. The summed E-state index contributed by atoms with van der Waals surface area (Å²) in [5, 5.41) is 3.37. The number of ether oxygens (including phenoxy) is 1. The molecule has 0 aliphatic carbocycles. The summed E-state index contributed by atoms with van der Waals surface area (Å²) in [6.45, 7) is 6.70. The van der Waals surface area contributed by atoms with Crippen molar-refractivity contribution in [1.29, 1.82) is 0 Å². The number of likely N-dealkylation sites (tertiary alicyclic amines) is 1. The second-order valence-electron chi connectivity index (χ2n) is 5.84. The minimum Gasteiger partial charge on any atom is -0.377 e. The van der Waals surface area contributed by atoms with Crippen molar-refractivity contribution in [2.45, 2.75) is 37.8 Å². The van der Waals surface area contributed by atoms with Gasteiger partial charge in [-0.2, -0.15) is 0 Å². The number of hydrogen-bond acceptors (Lipinski definition) is 4. The van der Waals surface area contributed by atoms with Crippen molar-refractivity contribution in [2.24, 2.45) is 0 Å². The third-order valence-corrected chi connectivity index (χ3v) is 4.40. The van der Waals surface area contributed by atoms with E-state index < -0.39 is 0 Å². The van der Waals surface area contributed by atoms with Crippen molar-refractivity contribution in [3.63, 3.8) is 0 Å². The molecule has 18 heavy (non-hydrogen) atoms. The van der Waals surface area contributed by atoms with E-state index in [2.05, 4.69) is 29.2 Å². The Balaban J connectivity index is 1.57. The minimum atomic E-state index is 0.497. The third-order valence-electron chi connectivity index (χ3n) is 4.40. The molecule has 106 valence electrons. The van der Waals surface area contributed by atoms with Crippen LogP contribution in [0.3, 0.4) is 0 Å². The maximum Gasteiger partial charge on any atom is 0.0600 e. The van der Waals surface area contributed by atoms with Gasteiger partial charge in [-0.1, -0.05) is 0 Å². The Kier molecular flexibility index (Phi) is 5.89. The number of nitrogens with one attached hydrogen (secondary N) is 1. The van der Waals surface area contributed by atoms with Crippen molar-refractivity contribution in [1.82, 2.24) is 15.1 Å². The van der Waals surface area contributed by atoms with E-state index in [1.54, 1.807) is 0 Å². The summed E-state index contributed by atoms with van der Waals surface area (Å²) in [7, 11) is 4.47. The number of piperidine rings is 2. The summed E-state index contributed by atoms with van der Waals surface area (Å²) in [6, 6.07) is 0.762. The molecular weight excluding hydrogens is 226 g/mol. The molecule has 2 aliphatic heterocycles. The zero-order valence-electron chi connectivity index (χ0n) is 12.0. The van der Waals surface area contributed by atoms with Crippen LogP contribution >= 0.6 is 0 Å². The molecule has 1 N–H and O–H groups in total. The number of likely N-dealkylation sites (N-methyl/N-ethyl adjacent to an activating group) is 1. The Bertz CT molecular complexity index is 223. The Labute approximate surface area is 112 Å². The first-order chi connectivity index (χ1) is 8.75. The van der Waals surface area contributed by atoms with Gasteiger partial charge in [0, 0.05) is 12.6 Å². The first kappa shape index (κ1) is 14.3. The van der Waals surface area contributed by atoms with E-state index in [9.17, 15) is 0 Å². The molecule has 2 fully saturated rings. The van der Waals surface area contributed by atoms with Crippen molar-refractivity contribution < 1.29 is 4.74 Å². The largest absolute Gasteiger partial charge is 0.377 e. The summed E-state index contributed by atoms with van der Waals surface area (Å²) >= 11 is 0. The van der Waals surface area contributed by atoms with Gasteiger partial charge in [-0.05, 0) is 66.0 Å². The normalized spacial score (nSPS) is 24.8. The highest BCUT2D eigenvalue weighted by atomic mass is 16.5. The van der Waals surface area contributed by atoms with E-state index in [4.69, 9.17) is 4.74 Å². The lowest BCUT2D eigenvalue weighted by Gasteiger charge is -2.35. The molecule has 2 saturated heterocycles. The highest BCUT2D eigenvalue weighted by Gasteiger charge is 2.20. The molecule has 0 aromatic rings. The van der Waals surface area contributed by atoms with Crippen molar-refractivity contribution >= 4 is 0 Å². The number of nitrogens with zero attached hydrogens (tertiary/aromatic N) is 2. The lowest BCUT2D eigenvalue weighted by Crippen LogP contribution is -2.43. The standard InChI is InChI=1S/C14H29N3O/c1-16-9-5-13(6-10-16)17(2)11-12-18-14-3-7-15-8-4-14/h13-15H,3-12H2,1-2H3. The highest BCUT2D eigenvalue weighted by molar-refractivity contribution is 4.77. The summed E-state index contributed by atoms with van der Waals surface area (Å²) < 4.78 is 5.97. The Morgan fingerprint density at radius 2 is 1.83 bits per heavy atom. The first-order valence-electron chi connectivity index (χ1n) is 7.47. The molecule has 2 aliphatic rings. The average Bonchev–Trinajstić information content (AvgIpc) is 2.40. The fraction of sp³-hybridized carbons (Fsp3) is 1.00. The lowest BCUT2D eigenvalue weighted by atomic mass is 10.0. The van der Waals surface area contributed by atoms with Crippen LogP contribution in [0.25, 0.3) is 0 Å². The molecular formula is C14H29N3O. The van der Waals surface area contributed by atoms with E-state index >= 15 is 0 Å². The van der Waals surface area contributed by atoms with Crippen LogP contribution in [-0.2, 0) is 4.74 Å². The maximum atomic E-state index is 5.97. The van der Waals surface area contributed by atoms with Gasteiger partial charge >= 0.3 is 0 Å². The predicted octanol–water partition coefficient (Wildman–Crippen LogP) is 0.781. The third kappa shape index (κ3) is 4.50. The van der Waals surface area contributed by atoms with Crippen molar-refractivity contribution in [3.05, 3.63) is 0 Å². The Hall–Kier alpha value is -0.160. The van der Waals surface area contributed by atoms with E-state index in [1.165, 1.54) is 38.8 Å². The fourth-order valence-electron chi connectivity index (χ4n) is 2.94. The quantitative estimate of drug-likeness (QED) is 0.786. The van der Waals surface area contributed by atoms with Gasteiger partial charge in [0.2, 0.25) is 0 Å². The van der Waals surface area contributed by atoms with E-state index in [-0.39, 0.29) is 0 Å². The zero-order chi connectivity index (χ0) is 12.8. The highest BCUT2D eigenvalue weighted by Crippen LogP contribution is 2.14. The van der Waals surface area contributed by atoms with Crippen molar-refractivity contribution in [2.75, 3.05) is 53.4 Å². The molecule has 2 heterocycles. The molecule has 2 rings (SSSR count). The van der Waals surface area contributed by atoms with Gasteiger partial charge in [0.1, 0.15) is 0 Å². The molecule has 0 atom stereocenters. The van der Waals surface area contributed by atoms with Crippen LogP contribution in [0.15, 0.2) is 0 Å². The van der Waals surface area contributed by atoms with Crippen LogP contribution < -0.4 is 5.32 Å². The molecule has 0 saturated carbocycles. The molecule has 4 heteroatoms. The monoisotopic (exact) mass is 255 g/mol. The van der Waals surface area contributed by atoms with Crippen LogP contribution in [0, 0.1) is 0 Å². The first-order valence-corrected chi connectivity index (χ1v) is 7.47. The number of hydrogen-bond donors (Lipinski definition) is 1. The van der Waals surface area contributed by atoms with Gasteiger partial charge in [-0.15, -0.1) is 0 Å². The van der Waals surface area contributed by atoms with Crippen LogP contribution in [0.4, 0.5) is 0 Å². The molecule has 0 bridgehead atoms. The van der Waals surface area contributed by atoms with Crippen molar-refractivity contribution in [3.8, 4) is 0 Å². The molecule has 4 nitrogen and oxygen atoms in total. The molecule has 0 aromatic carbocycles. The van der Waals surface area contributed by atoms with E-state index in [0.29, 0.717) is 6.10 Å². The fourth-order valence-corrected chi connectivity index (χ4v) is 2.94. The predicted molar refractivity (Wildman–Crippen MR) is 75.0 cm³/mol. The SMILES string of the molecule is CN1CCC(N(C)CCOC2CCNCC2)CC1. The Morgan fingerprint density at radius 1 is 1.17 bits per heavy atom. The molecule has 0 aromatic heterocycles. The molecule has 0 radical (unpaired) electrons. The van der Waals surface area contributed by atoms with E-state index in [1.807, 2.05) is 0 Å². The molecule has 0 unspecified atom stereocenters. The van der Waals surface area contributed by atoms with Gasteiger partial charge < -0.3 is 19.9 Å². The summed E-state index contributed by atoms with van der Waals surface area (Å²) in [5.41, 5.74) is 0. The van der Waals surface area contributed by atoms with E-state index in [0.717, 1.165) is 32.3 Å². The second-order valence-corrected chi connectivity index (χ2v) is 5.84. The van der Waals surface area contributed by atoms with Gasteiger partial charge in [0.15, 0.2) is 0 Å². The number of rotatable bonds is 5. The molecule has 0 amide bonds. The smallest absolute Gasteiger partial charge is 0.0600 e. The topological polar surface area (TPSA) is 27.7 Å². The van der Waals surface area contributed by atoms with Gasteiger partial charge in [-0.25, -0.2) is 0 Å². The van der Waals surface area contributed by atoms with Gasteiger partial charge in [0.25, 0.3) is 0 Å². The zero-order valence-corrected chi connectivity index (χ0v) is 12.0. The van der Waals surface area contributed by atoms with Crippen LogP contribution in [-0.4, -0.2) is 75.4 Å². The summed E-state index contributed by atoms with van der Waals surface area (Å²) in [5.74, 6) is 0. The average molecular weight is 255 g/mol. The minimum absolute atomic E-state index is 0.497. The summed E-state index contributed by atoms with van der Waals surface area (Å²) in [6.07, 6.45) is 5.47. The van der Waals surface area contributed by atoms with Gasteiger partial charge in [-0.3, -0.25) is 0 Å². The van der Waals surface area contributed by atoms with Gasteiger partial charge in [0.05, 0.1) is 12.7 Å². The Morgan fingerprint density at radius 3 is 2.50 bits per heavy atom. The van der Waals surface area contributed by atoms with Crippen LogP contribution in [0.2, 0.25) is 0 Å². The van der Waals surface area contributed by atoms with Crippen LogP contribution in [0.5, 0.6) is 0 Å². The van der Waals surface area contributed by atoms with Crippen LogP contribution in [0.1, 0.15) is 25.7 Å². The lowest BCUT2D eigenvalue weighted by molar-refractivity contribution is 0.0141.